The van der Waals surface area contributed by atoms with Crippen molar-refractivity contribution in [2.45, 2.75) is 31.6 Å². The Bertz CT molecular complexity index is 1050. The van der Waals surface area contributed by atoms with Crippen molar-refractivity contribution in [3.63, 3.8) is 0 Å². The molecule has 0 aliphatic carbocycles. The number of nitrogens with zero attached hydrogens (tertiary/aromatic N) is 3. The van der Waals surface area contributed by atoms with E-state index in [1.807, 2.05) is 13.8 Å². The molecule has 3 rings (SSSR count). The van der Waals surface area contributed by atoms with Gasteiger partial charge < -0.3 is 14.3 Å². The van der Waals surface area contributed by atoms with Crippen molar-refractivity contribution in [1.29, 1.82) is 0 Å². The molecule has 0 aliphatic rings. The first-order valence-electron chi connectivity index (χ1n) is 8.28. The van der Waals surface area contributed by atoms with E-state index >= 15 is 0 Å². The number of aromatic amines is 1. The number of rotatable bonds is 6. The molecule has 8 nitrogen and oxygen atoms in total. The summed E-state index contributed by atoms with van der Waals surface area (Å²) in [5.41, 5.74) is 1.72. The van der Waals surface area contributed by atoms with E-state index in [-0.39, 0.29) is 45.8 Å². The van der Waals surface area contributed by atoms with E-state index in [1.54, 1.807) is 13.1 Å². The van der Waals surface area contributed by atoms with Crippen LogP contribution in [-0.2, 0) is 24.5 Å². The van der Waals surface area contributed by atoms with E-state index in [0.29, 0.717) is 35.4 Å². The number of aromatic nitrogens is 4. The topological polar surface area (TPSA) is 113 Å². The van der Waals surface area contributed by atoms with Gasteiger partial charge in [-0.2, -0.15) is 5.10 Å². The molecule has 3 aromatic rings. The van der Waals surface area contributed by atoms with Gasteiger partial charge in [-0.1, -0.05) is 13.3 Å². The molecule has 0 spiro atoms. The van der Waals surface area contributed by atoms with Gasteiger partial charge in [0.2, 0.25) is 0 Å². The van der Waals surface area contributed by atoms with Crippen molar-refractivity contribution in [1.82, 2.24) is 19.7 Å². The van der Waals surface area contributed by atoms with Crippen LogP contribution in [0.15, 0.2) is 27.9 Å². The predicted octanol–water partition coefficient (Wildman–Crippen LogP) is -1.08. The molecule has 0 radical (unpaired) electrons. The molecule has 2 aromatic heterocycles. The van der Waals surface area contributed by atoms with Crippen LogP contribution in [0.5, 0.6) is 5.75 Å². The molecule has 1 aromatic carbocycles. The van der Waals surface area contributed by atoms with Crippen LogP contribution in [-0.4, -0.2) is 35.1 Å². The average molecular weight is 398 g/mol. The van der Waals surface area contributed by atoms with E-state index in [4.69, 9.17) is 4.74 Å². The Morgan fingerprint density at radius 2 is 2.07 bits per heavy atom. The summed E-state index contributed by atoms with van der Waals surface area (Å²) in [6.07, 6.45) is 1.56. The SMILES string of the molecule is CCCc1nn(C)c2c(=O)[nH]c(-c3cc(S(=O)[O-])ccc3OCC)nc12.[Na+]. The van der Waals surface area contributed by atoms with Gasteiger partial charge >= 0.3 is 29.6 Å². The first-order valence-corrected chi connectivity index (χ1v) is 9.36. The number of fused-ring (bicyclic) bond motifs is 1. The van der Waals surface area contributed by atoms with Gasteiger partial charge in [-0.3, -0.25) is 13.7 Å². The molecular weight excluding hydrogens is 379 g/mol. The second kappa shape index (κ2) is 9.11. The summed E-state index contributed by atoms with van der Waals surface area (Å²) in [4.78, 5) is 20.0. The Hall–Kier alpha value is -1.52. The minimum atomic E-state index is -2.40. The Labute approximate surface area is 180 Å². The maximum Gasteiger partial charge on any atom is 1.00 e. The number of nitrogens with one attached hydrogen (secondary N) is 1. The number of hydrogen-bond donors (Lipinski definition) is 1. The van der Waals surface area contributed by atoms with Crippen LogP contribution in [0.4, 0.5) is 0 Å². The minimum absolute atomic E-state index is 0. The zero-order valence-electron chi connectivity index (χ0n) is 15.7. The maximum absolute atomic E-state index is 12.6. The molecule has 0 bridgehead atoms. The zero-order chi connectivity index (χ0) is 18.8. The monoisotopic (exact) mass is 398 g/mol. The smallest absolute Gasteiger partial charge is 0.768 e. The van der Waals surface area contributed by atoms with Crippen molar-refractivity contribution in [2.75, 3.05) is 6.61 Å². The number of ether oxygens (including phenoxy) is 1. The summed E-state index contributed by atoms with van der Waals surface area (Å²) in [6.45, 7) is 4.24. The van der Waals surface area contributed by atoms with Crippen molar-refractivity contribution in [3.05, 3.63) is 34.2 Å². The number of aryl methyl sites for hydroxylation is 2. The molecule has 0 aliphatic heterocycles. The molecule has 138 valence electrons. The largest absolute Gasteiger partial charge is 1.00 e. The van der Waals surface area contributed by atoms with E-state index in [1.165, 1.54) is 16.8 Å². The second-order valence-electron chi connectivity index (χ2n) is 5.76. The van der Waals surface area contributed by atoms with Crippen LogP contribution >= 0.6 is 0 Å². The van der Waals surface area contributed by atoms with Crippen LogP contribution in [0.3, 0.4) is 0 Å². The molecule has 27 heavy (non-hydrogen) atoms. The fourth-order valence-electron chi connectivity index (χ4n) is 2.86. The average Bonchev–Trinajstić information content (AvgIpc) is 2.92. The minimum Gasteiger partial charge on any atom is -0.768 e. The number of benzene rings is 1. The Morgan fingerprint density at radius 1 is 1.33 bits per heavy atom. The third-order valence-corrected chi connectivity index (χ3v) is 4.59. The Balaban J connectivity index is 0.00000261. The van der Waals surface area contributed by atoms with Gasteiger partial charge in [0, 0.05) is 11.9 Å². The van der Waals surface area contributed by atoms with Gasteiger partial charge in [0.25, 0.3) is 5.56 Å². The molecule has 0 fully saturated rings. The van der Waals surface area contributed by atoms with Gasteiger partial charge in [0.1, 0.15) is 17.1 Å². The normalized spacial score (nSPS) is 12.0. The molecule has 10 heteroatoms. The van der Waals surface area contributed by atoms with E-state index in [0.717, 1.165) is 12.1 Å². The van der Waals surface area contributed by atoms with Crippen molar-refractivity contribution < 1.29 is 43.1 Å². The number of H-pyrrole nitrogens is 1. The van der Waals surface area contributed by atoms with E-state index < -0.39 is 11.1 Å². The molecule has 1 atom stereocenters. The van der Waals surface area contributed by atoms with Crippen LogP contribution in [0.2, 0.25) is 0 Å². The van der Waals surface area contributed by atoms with Gasteiger partial charge in [0.15, 0.2) is 5.52 Å². The predicted molar refractivity (Wildman–Crippen MR) is 96.9 cm³/mol. The third kappa shape index (κ3) is 4.33. The summed E-state index contributed by atoms with van der Waals surface area (Å²) in [5.74, 6) is 0.703. The van der Waals surface area contributed by atoms with Gasteiger partial charge in [0.05, 0.1) is 17.9 Å². The fourth-order valence-corrected chi connectivity index (χ4v) is 3.25. The zero-order valence-corrected chi connectivity index (χ0v) is 18.6. The third-order valence-electron chi connectivity index (χ3n) is 3.95. The summed E-state index contributed by atoms with van der Waals surface area (Å²) in [7, 11) is 1.70. The molecule has 0 amide bonds. The van der Waals surface area contributed by atoms with Gasteiger partial charge in [-0.05, 0) is 42.6 Å². The van der Waals surface area contributed by atoms with Crippen LogP contribution < -0.4 is 39.9 Å². The van der Waals surface area contributed by atoms with Crippen LogP contribution in [0.25, 0.3) is 22.4 Å². The summed E-state index contributed by atoms with van der Waals surface area (Å²) >= 11 is -2.40. The quantitative estimate of drug-likeness (QED) is 0.417. The first-order chi connectivity index (χ1) is 12.5. The Kier molecular flexibility index (Phi) is 7.35. The van der Waals surface area contributed by atoms with Gasteiger partial charge in [-0.15, -0.1) is 0 Å². The van der Waals surface area contributed by atoms with Crippen molar-refractivity contribution in [2.24, 2.45) is 7.05 Å². The molecule has 1 unspecified atom stereocenters. The molecule has 2 heterocycles. The van der Waals surface area contributed by atoms with E-state index in [9.17, 15) is 13.6 Å². The molecule has 1 N–H and O–H groups in total. The first kappa shape index (κ1) is 21.8. The molecule has 0 saturated carbocycles. The van der Waals surface area contributed by atoms with Crippen molar-refractivity contribution >= 4 is 22.1 Å². The maximum atomic E-state index is 12.6. The van der Waals surface area contributed by atoms with Crippen molar-refractivity contribution in [3.8, 4) is 17.1 Å². The fraction of sp³-hybridized carbons (Fsp3) is 0.353. The summed E-state index contributed by atoms with van der Waals surface area (Å²) in [6, 6.07) is 4.44. The van der Waals surface area contributed by atoms with E-state index in [2.05, 4.69) is 15.1 Å². The molecule has 0 saturated heterocycles. The van der Waals surface area contributed by atoms with Crippen LogP contribution in [0, 0.1) is 0 Å². The van der Waals surface area contributed by atoms with Gasteiger partial charge in [-0.25, -0.2) is 4.98 Å². The van der Waals surface area contributed by atoms with Crippen LogP contribution in [0.1, 0.15) is 26.0 Å². The molecular formula is C17H19N4NaO4S. The standard InChI is InChI=1S/C17H20N4O4S.Na/c1-4-6-12-14-15(21(3)20-12)17(22)19-16(18-14)11-9-10(26(23)24)7-8-13(11)25-5-2;/h7-9H,4-6H2,1-3H3,(H,23,24)(H,18,19,22);/q;+1/p-1. The number of hydrogen-bond acceptors (Lipinski definition) is 6. The Morgan fingerprint density at radius 3 is 2.70 bits per heavy atom. The summed E-state index contributed by atoms with van der Waals surface area (Å²) in [5, 5.41) is 4.38. The summed E-state index contributed by atoms with van der Waals surface area (Å²) < 4.78 is 29.8. The second-order valence-corrected chi connectivity index (χ2v) is 6.70.